The molecule has 0 unspecified atom stereocenters. The van der Waals surface area contributed by atoms with E-state index in [9.17, 15) is 0 Å². The number of benzene rings is 2. The fourth-order valence-electron chi connectivity index (χ4n) is 3.60. The van der Waals surface area contributed by atoms with E-state index in [0.717, 1.165) is 42.0 Å². The van der Waals surface area contributed by atoms with Crippen LogP contribution in [0.25, 0.3) is 0 Å². The van der Waals surface area contributed by atoms with Crippen molar-refractivity contribution in [3.63, 3.8) is 0 Å². The first kappa shape index (κ1) is 18.6. The number of hydrogen-bond donors (Lipinski definition) is 0. The summed E-state index contributed by atoms with van der Waals surface area (Å²) in [5.41, 5.74) is 5.91. The Bertz CT molecular complexity index is 811. The van der Waals surface area contributed by atoms with E-state index in [1.54, 1.807) is 7.11 Å². The highest BCUT2D eigenvalue weighted by atomic mass is 32.1. The molecule has 3 rings (SSSR count). The summed E-state index contributed by atoms with van der Waals surface area (Å²) in [6.45, 7) is 4.76. The lowest BCUT2D eigenvalue weighted by Gasteiger charge is -2.34. The first-order chi connectivity index (χ1) is 12.6. The molecule has 0 saturated carbocycles. The maximum atomic E-state index is 5.77. The van der Waals surface area contributed by atoms with Crippen LogP contribution in [0, 0.1) is 19.3 Å². The fourth-order valence-corrected chi connectivity index (χ4v) is 3.91. The minimum atomic E-state index is 0.590. The van der Waals surface area contributed by atoms with E-state index in [2.05, 4.69) is 48.1 Å². The van der Waals surface area contributed by atoms with Gasteiger partial charge in [0.1, 0.15) is 4.99 Å². The molecule has 3 heteroatoms. The number of nitrogens with zero attached hydrogens (tertiary/aromatic N) is 1. The highest BCUT2D eigenvalue weighted by molar-refractivity contribution is 7.80. The second-order valence-corrected chi connectivity index (χ2v) is 7.29. The molecule has 2 aromatic rings. The van der Waals surface area contributed by atoms with Gasteiger partial charge in [-0.1, -0.05) is 42.4 Å². The van der Waals surface area contributed by atoms with Gasteiger partial charge in [0, 0.05) is 31.3 Å². The molecule has 1 saturated heterocycles. The van der Waals surface area contributed by atoms with Gasteiger partial charge in [0.05, 0.1) is 6.61 Å². The summed E-state index contributed by atoms with van der Waals surface area (Å²) < 4.78 is 5.24. The Hall–Kier alpha value is -2.15. The zero-order valence-corrected chi connectivity index (χ0v) is 16.3. The summed E-state index contributed by atoms with van der Waals surface area (Å²) in [6.07, 6.45) is 7.69. The minimum Gasteiger partial charge on any atom is -0.380 e. The molecular formula is C23H25NOS. The van der Waals surface area contributed by atoms with E-state index < -0.39 is 0 Å². The lowest BCUT2D eigenvalue weighted by Crippen LogP contribution is -2.37. The summed E-state index contributed by atoms with van der Waals surface area (Å²) in [6, 6.07) is 14.8. The molecule has 0 N–H and O–H groups in total. The zero-order chi connectivity index (χ0) is 18.5. The van der Waals surface area contributed by atoms with Crippen molar-refractivity contribution in [3.8, 4) is 12.3 Å². The van der Waals surface area contributed by atoms with Gasteiger partial charge in [-0.2, -0.15) is 0 Å². The lowest BCUT2D eigenvalue weighted by atomic mass is 9.89. The molecule has 0 aromatic heterocycles. The molecule has 1 fully saturated rings. The Morgan fingerprint density at radius 2 is 1.88 bits per heavy atom. The van der Waals surface area contributed by atoms with Crippen molar-refractivity contribution in [2.45, 2.75) is 32.3 Å². The van der Waals surface area contributed by atoms with Crippen LogP contribution in [0.2, 0.25) is 0 Å². The molecule has 0 radical (unpaired) electrons. The zero-order valence-electron chi connectivity index (χ0n) is 15.5. The predicted octanol–water partition coefficient (Wildman–Crippen LogP) is 4.68. The van der Waals surface area contributed by atoms with Crippen LogP contribution >= 0.6 is 12.2 Å². The number of methoxy groups -OCH3 is 1. The highest BCUT2D eigenvalue weighted by Gasteiger charge is 2.22. The van der Waals surface area contributed by atoms with Crippen molar-refractivity contribution in [3.05, 3.63) is 70.3 Å². The molecule has 134 valence electrons. The number of likely N-dealkylation sites (tertiary alicyclic amines) is 1. The van der Waals surface area contributed by atoms with Crippen LogP contribution in [0.15, 0.2) is 42.5 Å². The van der Waals surface area contributed by atoms with Crippen LogP contribution < -0.4 is 0 Å². The van der Waals surface area contributed by atoms with Gasteiger partial charge in [0.15, 0.2) is 0 Å². The first-order valence-corrected chi connectivity index (χ1v) is 9.47. The van der Waals surface area contributed by atoms with Gasteiger partial charge in [-0.05, 0) is 60.6 Å². The number of rotatable bonds is 4. The SMILES string of the molecule is C#Cc1ccc(C2CCN(C(=S)c3ccc(COC)c(C)c3)CC2)cc1. The average Bonchev–Trinajstić information content (AvgIpc) is 2.69. The van der Waals surface area contributed by atoms with Gasteiger partial charge in [-0.3, -0.25) is 0 Å². The van der Waals surface area contributed by atoms with Gasteiger partial charge in [-0.25, -0.2) is 0 Å². The van der Waals surface area contributed by atoms with Crippen molar-refractivity contribution in [2.75, 3.05) is 20.2 Å². The van der Waals surface area contributed by atoms with Crippen molar-refractivity contribution >= 4 is 17.2 Å². The maximum Gasteiger partial charge on any atom is 0.109 e. The fraction of sp³-hybridized carbons (Fsp3) is 0.348. The minimum absolute atomic E-state index is 0.590. The van der Waals surface area contributed by atoms with Crippen LogP contribution in [0.3, 0.4) is 0 Å². The second kappa shape index (κ2) is 8.49. The molecule has 1 aliphatic heterocycles. The normalized spacial score (nSPS) is 14.9. The van der Waals surface area contributed by atoms with Gasteiger partial charge in [0.25, 0.3) is 0 Å². The molecule has 2 nitrogen and oxygen atoms in total. The van der Waals surface area contributed by atoms with Gasteiger partial charge >= 0.3 is 0 Å². The van der Waals surface area contributed by atoms with Crippen LogP contribution in [-0.4, -0.2) is 30.1 Å². The molecule has 0 amide bonds. The number of hydrogen-bond acceptors (Lipinski definition) is 2. The van der Waals surface area contributed by atoms with Crippen molar-refractivity contribution < 1.29 is 4.74 Å². The van der Waals surface area contributed by atoms with Gasteiger partial charge in [0.2, 0.25) is 0 Å². The summed E-state index contributed by atoms with van der Waals surface area (Å²) in [5.74, 6) is 3.27. The number of thiocarbonyl (C=S) groups is 1. The molecule has 1 heterocycles. The monoisotopic (exact) mass is 363 g/mol. The van der Waals surface area contributed by atoms with Crippen LogP contribution in [0.5, 0.6) is 0 Å². The smallest absolute Gasteiger partial charge is 0.109 e. The summed E-state index contributed by atoms with van der Waals surface area (Å²) >= 11 is 5.77. The molecule has 0 atom stereocenters. The maximum absolute atomic E-state index is 5.77. The lowest BCUT2D eigenvalue weighted by molar-refractivity contribution is 0.184. The number of ether oxygens (including phenoxy) is 1. The highest BCUT2D eigenvalue weighted by Crippen LogP contribution is 2.29. The Labute approximate surface area is 162 Å². The molecule has 1 aliphatic rings. The van der Waals surface area contributed by atoms with Crippen molar-refractivity contribution in [1.29, 1.82) is 0 Å². The number of aryl methyl sites for hydroxylation is 1. The number of piperidine rings is 1. The molecule has 0 aliphatic carbocycles. The Kier molecular flexibility index (Phi) is 6.08. The van der Waals surface area contributed by atoms with Gasteiger partial charge in [-0.15, -0.1) is 6.42 Å². The van der Waals surface area contributed by atoms with Crippen molar-refractivity contribution in [2.24, 2.45) is 0 Å². The molecule has 0 bridgehead atoms. The molecule has 26 heavy (non-hydrogen) atoms. The molecule has 0 spiro atoms. The first-order valence-electron chi connectivity index (χ1n) is 9.06. The van der Waals surface area contributed by atoms with Crippen LogP contribution in [-0.2, 0) is 11.3 Å². The second-order valence-electron chi connectivity index (χ2n) is 6.91. The predicted molar refractivity (Wildman–Crippen MR) is 112 cm³/mol. The largest absolute Gasteiger partial charge is 0.380 e. The van der Waals surface area contributed by atoms with E-state index >= 15 is 0 Å². The van der Waals surface area contributed by atoms with Crippen LogP contribution in [0.1, 0.15) is 46.6 Å². The third kappa shape index (κ3) is 4.15. The Morgan fingerprint density at radius 3 is 2.46 bits per heavy atom. The topological polar surface area (TPSA) is 12.5 Å². The molecule has 2 aromatic carbocycles. The quantitative estimate of drug-likeness (QED) is 0.578. The van der Waals surface area contributed by atoms with E-state index in [0.29, 0.717) is 12.5 Å². The van der Waals surface area contributed by atoms with Gasteiger partial charge < -0.3 is 9.64 Å². The molecular weight excluding hydrogens is 338 g/mol. The van der Waals surface area contributed by atoms with E-state index in [-0.39, 0.29) is 0 Å². The summed E-state index contributed by atoms with van der Waals surface area (Å²) in [7, 11) is 1.72. The summed E-state index contributed by atoms with van der Waals surface area (Å²) in [4.78, 5) is 3.30. The van der Waals surface area contributed by atoms with E-state index in [1.165, 1.54) is 16.7 Å². The average molecular weight is 364 g/mol. The van der Waals surface area contributed by atoms with E-state index in [1.807, 2.05) is 12.1 Å². The third-order valence-corrected chi connectivity index (χ3v) is 5.71. The van der Waals surface area contributed by atoms with Crippen molar-refractivity contribution in [1.82, 2.24) is 4.90 Å². The third-order valence-electron chi connectivity index (χ3n) is 5.22. The van der Waals surface area contributed by atoms with Crippen LogP contribution in [0.4, 0.5) is 0 Å². The Balaban J connectivity index is 1.63. The number of terminal acetylenes is 1. The standard InChI is InChI=1S/C23H25NOS/c1-4-18-5-7-19(8-6-18)20-11-13-24(14-12-20)23(26)21-9-10-22(16-25-3)17(2)15-21/h1,5-10,15,20H,11-14,16H2,2-3H3. The summed E-state index contributed by atoms with van der Waals surface area (Å²) in [5, 5.41) is 0. The van der Waals surface area contributed by atoms with E-state index in [4.69, 9.17) is 23.4 Å². The Morgan fingerprint density at radius 1 is 1.19 bits per heavy atom.